The molecule has 21 heavy (non-hydrogen) atoms. The monoisotopic (exact) mass is 284 g/mol. The van der Waals surface area contributed by atoms with Crippen molar-refractivity contribution < 1.29 is 5.11 Å². The number of nitrogens with one attached hydrogen (secondary N) is 1. The molecule has 0 saturated carbocycles. The number of piperidine rings is 1. The Morgan fingerprint density at radius 3 is 2.95 bits per heavy atom. The molecule has 0 amide bonds. The van der Waals surface area contributed by atoms with Crippen LogP contribution in [0, 0.1) is 5.92 Å². The summed E-state index contributed by atoms with van der Waals surface area (Å²) < 4.78 is 0. The molecule has 1 fully saturated rings. The van der Waals surface area contributed by atoms with Crippen LogP contribution in [0.1, 0.15) is 44.0 Å². The quantitative estimate of drug-likeness (QED) is 0.844. The summed E-state index contributed by atoms with van der Waals surface area (Å²) in [5.74, 6) is 0.348. The zero-order chi connectivity index (χ0) is 14.6. The second-order valence-corrected chi connectivity index (χ2v) is 6.79. The highest BCUT2D eigenvalue weighted by atomic mass is 16.3. The number of aliphatic hydroxyl groups is 1. The van der Waals surface area contributed by atoms with Crippen LogP contribution in [0.4, 0.5) is 0 Å². The zero-order valence-corrected chi connectivity index (χ0v) is 12.9. The van der Waals surface area contributed by atoms with Gasteiger partial charge in [0.2, 0.25) is 0 Å². The minimum atomic E-state index is -0.617. The third kappa shape index (κ3) is 1.74. The first-order valence-corrected chi connectivity index (χ1v) is 8.21. The minimum absolute atomic E-state index is 0.127. The first-order valence-electron chi connectivity index (χ1n) is 8.21. The van der Waals surface area contributed by atoms with Crippen molar-refractivity contribution in [2.45, 2.75) is 44.8 Å². The van der Waals surface area contributed by atoms with Gasteiger partial charge in [-0.3, -0.25) is 4.90 Å². The maximum Gasteiger partial charge on any atom is 0.0881 e. The van der Waals surface area contributed by atoms with E-state index in [0.29, 0.717) is 5.92 Å². The van der Waals surface area contributed by atoms with Gasteiger partial charge in [0.1, 0.15) is 0 Å². The van der Waals surface area contributed by atoms with Crippen LogP contribution in [-0.2, 0) is 6.42 Å². The van der Waals surface area contributed by atoms with Crippen LogP contribution in [0.15, 0.2) is 24.3 Å². The third-order valence-electron chi connectivity index (χ3n) is 5.88. The fourth-order valence-electron chi connectivity index (χ4n) is 4.52. The fraction of sp³-hybridized carbons (Fsp3) is 0.556. The van der Waals surface area contributed by atoms with E-state index in [9.17, 15) is 5.11 Å². The molecule has 4 rings (SSSR count). The Morgan fingerprint density at radius 2 is 2.14 bits per heavy atom. The van der Waals surface area contributed by atoms with Crippen molar-refractivity contribution in [3.05, 3.63) is 35.5 Å². The number of nitrogens with zero attached hydrogens (tertiary/aromatic N) is 1. The molecule has 1 aromatic heterocycles. The predicted octanol–water partition coefficient (Wildman–Crippen LogP) is 3.25. The zero-order valence-electron chi connectivity index (χ0n) is 12.9. The van der Waals surface area contributed by atoms with Gasteiger partial charge in [0.05, 0.1) is 11.6 Å². The molecular formula is C18H24N2O. The molecule has 0 bridgehead atoms. The van der Waals surface area contributed by atoms with Crippen molar-refractivity contribution >= 4 is 10.9 Å². The van der Waals surface area contributed by atoms with E-state index in [4.69, 9.17) is 0 Å². The third-order valence-corrected chi connectivity index (χ3v) is 5.88. The summed E-state index contributed by atoms with van der Waals surface area (Å²) in [4.78, 5) is 6.11. The van der Waals surface area contributed by atoms with Crippen LogP contribution in [0.3, 0.4) is 0 Å². The van der Waals surface area contributed by atoms with E-state index in [1.54, 1.807) is 0 Å². The normalized spacial score (nSPS) is 32.9. The van der Waals surface area contributed by atoms with Gasteiger partial charge >= 0.3 is 0 Å². The Hall–Kier alpha value is -1.32. The van der Waals surface area contributed by atoms with Crippen LogP contribution in [0.2, 0.25) is 0 Å². The SMILES string of the molecule is CC[C@]1(O)[C@@H]2c3[nH]c4ccccc4c3CCN2CC[C@@H]1C. The van der Waals surface area contributed by atoms with E-state index < -0.39 is 5.60 Å². The topological polar surface area (TPSA) is 39.3 Å². The maximum atomic E-state index is 11.4. The van der Waals surface area contributed by atoms with Gasteiger partial charge in [-0.1, -0.05) is 32.0 Å². The molecule has 0 unspecified atom stereocenters. The standard InChI is InChI=1S/C18H24N2O/c1-3-18(21)12(2)8-10-20-11-9-14-13-6-4-5-7-15(13)19-16(14)17(18)20/h4-7,12,17,19,21H,3,8-11H2,1-2H3/t12-,17-,18+/m0/s1. The lowest BCUT2D eigenvalue weighted by atomic mass is 9.71. The van der Waals surface area contributed by atoms with Crippen molar-refractivity contribution in [1.29, 1.82) is 0 Å². The lowest BCUT2D eigenvalue weighted by Crippen LogP contribution is -2.57. The lowest BCUT2D eigenvalue weighted by molar-refractivity contribution is -0.125. The molecular weight excluding hydrogens is 260 g/mol. The molecule has 2 aromatic rings. The minimum Gasteiger partial charge on any atom is -0.388 e. The second kappa shape index (κ2) is 4.59. The molecule has 2 aliphatic heterocycles. The number of aromatic nitrogens is 1. The fourth-order valence-corrected chi connectivity index (χ4v) is 4.52. The van der Waals surface area contributed by atoms with Crippen molar-refractivity contribution in [2.24, 2.45) is 5.92 Å². The van der Waals surface area contributed by atoms with Crippen LogP contribution in [0.5, 0.6) is 0 Å². The Kier molecular flexibility index (Phi) is 2.92. The first kappa shape index (κ1) is 13.4. The van der Waals surface area contributed by atoms with Gasteiger partial charge in [0.15, 0.2) is 0 Å². The Morgan fingerprint density at radius 1 is 1.33 bits per heavy atom. The van der Waals surface area contributed by atoms with E-state index in [-0.39, 0.29) is 6.04 Å². The summed E-state index contributed by atoms with van der Waals surface area (Å²) in [6, 6.07) is 8.67. The highest BCUT2D eigenvalue weighted by Crippen LogP contribution is 2.48. The molecule has 0 aliphatic carbocycles. The Balaban J connectivity index is 1.91. The summed E-state index contributed by atoms with van der Waals surface area (Å²) in [5, 5.41) is 12.7. The number of hydrogen-bond donors (Lipinski definition) is 2. The number of fused-ring (bicyclic) bond motifs is 5. The van der Waals surface area contributed by atoms with Crippen LogP contribution < -0.4 is 0 Å². The molecule has 0 spiro atoms. The van der Waals surface area contributed by atoms with Gasteiger partial charge in [-0.25, -0.2) is 0 Å². The van der Waals surface area contributed by atoms with Crippen molar-refractivity contribution in [1.82, 2.24) is 9.88 Å². The first-order chi connectivity index (χ1) is 10.1. The number of H-pyrrole nitrogens is 1. The van der Waals surface area contributed by atoms with E-state index in [1.165, 1.54) is 22.2 Å². The molecule has 3 nitrogen and oxygen atoms in total. The smallest absolute Gasteiger partial charge is 0.0881 e. The highest BCUT2D eigenvalue weighted by molar-refractivity contribution is 5.85. The van der Waals surface area contributed by atoms with E-state index in [1.807, 2.05) is 0 Å². The lowest BCUT2D eigenvalue weighted by Gasteiger charge is -2.52. The molecule has 0 radical (unpaired) electrons. The maximum absolute atomic E-state index is 11.4. The molecule has 3 heteroatoms. The van der Waals surface area contributed by atoms with Gasteiger partial charge in [-0.2, -0.15) is 0 Å². The average molecular weight is 284 g/mol. The van der Waals surface area contributed by atoms with Crippen LogP contribution in [-0.4, -0.2) is 33.7 Å². The van der Waals surface area contributed by atoms with Crippen LogP contribution >= 0.6 is 0 Å². The summed E-state index contributed by atoms with van der Waals surface area (Å²) in [5.41, 5.74) is 3.28. The predicted molar refractivity (Wildman–Crippen MR) is 85.3 cm³/mol. The molecule has 112 valence electrons. The average Bonchev–Trinajstić information content (AvgIpc) is 2.89. The Labute approximate surface area is 126 Å². The number of aromatic amines is 1. The molecule has 3 heterocycles. The second-order valence-electron chi connectivity index (χ2n) is 6.79. The highest BCUT2D eigenvalue weighted by Gasteiger charge is 2.50. The number of benzene rings is 1. The van der Waals surface area contributed by atoms with Crippen molar-refractivity contribution in [2.75, 3.05) is 13.1 Å². The summed E-state index contributed by atoms with van der Waals surface area (Å²) in [6.45, 7) is 6.49. The van der Waals surface area contributed by atoms with Crippen LogP contribution in [0.25, 0.3) is 10.9 Å². The molecule has 2 N–H and O–H groups in total. The number of para-hydroxylation sites is 1. The number of rotatable bonds is 1. The van der Waals surface area contributed by atoms with Crippen molar-refractivity contribution in [3.63, 3.8) is 0 Å². The summed E-state index contributed by atoms with van der Waals surface area (Å²) in [7, 11) is 0. The largest absolute Gasteiger partial charge is 0.388 e. The van der Waals surface area contributed by atoms with E-state index in [2.05, 4.69) is 48.0 Å². The molecule has 3 atom stereocenters. The van der Waals surface area contributed by atoms with Gasteiger partial charge in [-0.05, 0) is 43.4 Å². The molecule has 1 saturated heterocycles. The van der Waals surface area contributed by atoms with Gasteiger partial charge in [0, 0.05) is 23.1 Å². The summed E-state index contributed by atoms with van der Waals surface area (Å²) >= 11 is 0. The molecule has 1 aromatic carbocycles. The van der Waals surface area contributed by atoms with Crippen molar-refractivity contribution in [3.8, 4) is 0 Å². The van der Waals surface area contributed by atoms with Gasteiger partial charge in [-0.15, -0.1) is 0 Å². The van der Waals surface area contributed by atoms with E-state index >= 15 is 0 Å². The Bertz CT molecular complexity index is 677. The molecule has 2 aliphatic rings. The van der Waals surface area contributed by atoms with Gasteiger partial charge < -0.3 is 10.1 Å². The van der Waals surface area contributed by atoms with E-state index in [0.717, 1.165) is 32.4 Å². The number of hydrogen-bond acceptors (Lipinski definition) is 2. The van der Waals surface area contributed by atoms with Gasteiger partial charge in [0.25, 0.3) is 0 Å². The summed E-state index contributed by atoms with van der Waals surface area (Å²) in [6.07, 6.45) is 2.99.